The van der Waals surface area contributed by atoms with E-state index in [0.29, 0.717) is 18.9 Å². The zero-order valence-corrected chi connectivity index (χ0v) is 18.9. The van der Waals surface area contributed by atoms with Gasteiger partial charge in [-0.2, -0.15) is 0 Å². The number of amides is 1. The third-order valence-corrected chi connectivity index (χ3v) is 6.24. The second-order valence-electron chi connectivity index (χ2n) is 8.92. The normalized spacial score (nSPS) is 16.5. The molecule has 1 atom stereocenters. The van der Waals surface area contributed by atoms with Crippen LogP contribution in [0.25, 0.3) is 0 Å². The molecule has 2 aliphatic rings. The minimum absolute atomic E-state index is 0.153. The van der Waals surface area contributed by atoms with Crippen LogP contribution in [0.1, 0.15) is 76.0 Å². The molecule has 0 saturated heterocycles. The molecule has 0 bridgehead atoms. The summed E-state index contributed by atoms with van der Waals surface area (Å²) in [4.78, 5) is 30.7. The number of carboxylic acid groups (broad SMARTS) is 1. The van der Waals surface area contributed by atoms with E-state index in [2.05, 4.69) is 27.7 Å². The van der Waals surface area contributed by atoms with Gasteiger partial charge in [-0.3, -0.25) is 4.79 Å². The lowest BCUT2D eigenvalue weighted by Crippen LogP contribution is -2.43. The Morgan fingerprint density at radius 2 is 2.10 bits per heavy atom. The van der Waals surface area contributed by atoms with Crippen molar-refractivity contribution in [1.29, 1.82) is 0 Å². The lowest BCUT2D eigenvalue weighted by Gasteiger charge is -2.24. The van der Waals surface area contributed by atoms with Crippen molar-refractivity contribution in [3.05, 3.63) is 23.4 Å². The number of rotatable bonds is 14. The zero-order valence-electron chi connectivity index (χ0n) is 18.9. The van der Waals surface area contributed by atoms with Gasteiger partial charge in [0.25, 0.3) is 0 Å². The van der Waals surface area contributed by atoms with Gasteiger partial charge < -0.3 is 20.6 Å². The maximum absolute atomic E-state index is 11.9. The van der Waals surface area contributed by atoms with E-state index in [1.165, 1.54) is 24.8 Å². The van der Waals surface area contributed by atoms with E-state index < -0.39 is 12.0 Å². The van der Waals surface area contributed by atoms with E-state index in [1.807, 2.05) is 6.92 Å². The van der Waals surface area contributed by atoms with Gasteiger partial charge in [0.2, 0.25) is 5.91 Å². The molecule has 7 nitrogen and oxygen atoms in total. The van der Waals surface area contributed by atoms with E-state index >= 15 is 0 Å². The lowest BCUT2D eigenvalue weighted by molar-refractivity contribution is -0.142. The van der Waals surface area contributed by atoms with Crippen molar-refractivity contribution in [3.8, 4) is 0 Å². The number of fused-ring (bicyclic) bond motifs is 1. The third-order valence-electron chi connectivity index (χ3n) is 6.24. The number of aliphatic carboxylic acids is 1. The quantitative estimate of drug-likeness (QED) is 0.392. The molecule has 1 aliphatic carbocycles. The summed E-state index contributed by atoms with van der Waals surface area (Å²) >= 11 is 0. The Hall–Kier alpha value is -2.15. The summed E-state index contributed by atoms with van der Waals surface area (Å²) in [6.07, 6.45) is 10.4. The highest BCUT2D eigenvalue weighted by Crippen LogP contribution is 2.27. The molecule has 3 N–H and O–H groups in total. The van der Waals surface area contributed by atoms with Crippen molar-refractivity contribution < 1.29 is 14.7 Å². The smallest absolute Gasteiger partial charge is 0.326 e. The van der Waals surface area contributed by atoms with Crippen LogP contribution in [0.3, 0.4) is 0 Å². The first-order chi connectivity index (χ1) is 15.1. The maximum atomic E-state index is 11.9. The summed E-state index contributed by atoms with van der Waals surface area (Å²) in [5.41, 5.74) is 2.47. The number of carbonyl (C=O) groups excluding carboxylic acids is 1. The molecular formula is C24H38N4O3. The Bertz CT molecular complexity index is 736. The van der Waals surface area contributed by atoms with Gasteiger partial charge in [-0.25, -0.2) is 9.78 Å². The first-order valence-corrected chi connectivity index (χ1v) is 12.1. The number of anilines is 1. The van der Waals surface area contributed by atoms with E-state index in [-0.39, 0.29) is 5.91 Å². The van der Waals surface area contributed by atoms with Crippen molar-refractivity contribution in [3.63, 3.8) is 0 Å². The molecule has 3 rings (SSSR count). The van der Waals surface area contributed by atoms with Crippen LogP contribution < -0.4 is 10.6 Å². The van der Waals surface area contributed by atoms with Crippen LogP contribution in [0.5, 0.6) is 0 Å². The fraction of sp³-hybridized carbons (Fsp3) is 0.708. The van der Waals surface area contributed by atoms with Gasteiger partial charge in [0.05, 0.1) is 0 Å². The predicted octanol–water partition coefficient (Wildman–Crippen LogP) is 3.38. The molecule has 1 amide bonds. The van der Waals surface area contributed by atoms with Gasteiger partial charge in [-0.1, -0.05) is 19.4 Å². The molecule has 0 radical (unpaired) electrons. The van der Waals surface area contributed by atoms with Crippen LogP contribution in [-0.4, -0.2) is 58.6 Å². The van der Waals surface area contributed by atoms with E-state index in [0.717, 1.165) is 69.7 Å². The fourth-order valence-corrected chi connectivity index (χ4v) is 4.20. The number of nitrogens with zero attached hydrogens (tertiary/aromatic N) is 2. The molecule has 1 fully saturated rings. The Kier molecular flexibility index (Phi) is 9.13. The third kappa shape index (κ3) is 7.80. The fourth-order valence-electron chi connectivity index (χ4n) is 4.20. The number of hydrogen-bond donors (Lipinski definition) is 3. The summed E-state index contributed by atoms with van der Waals surface area (Å²) < 4.78 is 0. The highest BCUT2D eigenvalue weighted by Gasteiger charge is 2.30. The van der Waals surface area contributed by atoms with Crippen LogP contribution in [0, 0.1) is 0 Å². The molecule has 1 aliphatic heterocycles. The molecule has 172 valence electrons. The SMILES string of the molecule is CCCCC(=O)NC(CCN(CCCCc1ccc2c(n1)NCCC2)C1CC1)C(=O)O. The number of pyridine rings is 1. The number of aromatic nitrogens is 1. The molecule has 1 unspecified atom stereocenters. The van der Waals surface area contributed by atoms with Crippen molar-refractivity contribution in [2.75, 3.05) is 25.0 Å². The molecule has 7 heteroatoms. The summed E-state index contributed by atoms with van der Waals surface area (Å²) in [6.45, 7) is 4.73. The molecule has 1 saturated carbocycles. The Morgan fingerprint density at radius 1 is 1.26 bits per heavy atom. The Labute approximate surface area is 186 Å². The second-order valence-corrected chi connectivity index (χ2v) is 8.92. The van der Waals surface area contributed by atoms with Crippen molar-refractivity contribution >= 4 is 17.7 Å². The Balaban J connectivity index is 1.40. The molecule has 0 spiro atoms. The average molecular weight is 431 g/mol. The number of carbonyl (C=O) groups is 2. The standard InChI is InChI=1S/C24H38N4O3/c1-2-3-9-22(29)27-21(24(30)31)14-17-28(20-12-13-20)16-5-4-8-19-11-10-18-7-6-15-25-23(18)26-19/h10-11,20-21H,2-9,12-17H2,1H3,(H,25,26)(H,27,29)(H,30,31). The number of aryl methyl sites for hydroxylation is 2. The highest BCUT2D eigenvalue weighted by molar-refractivity contribution is 5.83. The number of hydrogen-bond acceptors (Lipinski definition) is 5. The van der Waals surface area contributed by atoms with Crippen molar-refractivity contribution in [1.82, 2.24) is 15.2 Å². The summed E-state index contributed by atoms with van der Waals surface area (Å²) in [5.74, 6) is -0.0315. The average Bonchev–Trinajstić information content (AvgIpc) is 3.61. The largest absolute Gasteiger partial charge is 0.480 e. The van der Waals surface area contributed by atoms with E-state index in [1.54, 1.807) is 0 Å². The molecule has 0 aromatic carbocycles. The minimum atomic E-state index is -0.937. The first-order valence-electron chi connectivity index (χ1n) is 12.1. The maximum Gasteiger partial charge on any atom is 0.326 e. The second kappa shape index (κ2) is 12.0. The number of nitrogens with one attached hydrogen (secondary N) is 2. The van der Waals surface area contributed by atoms with Crippen LogP contribution in [0.2, 0.25) is 0 Å². The molecule has 1 aromatic heterocycles. The lowest BCUT2D eigenvalue weighted by atomic mass is 10.1. The van der Waals surface area contributed by atoms with Crippen LogP contribution >= 0.6 is 0 Å². The van der Waals surface area contributed by atoms with Crippen LogP contribution in [0.4, 0.5) is 5.82 Å². The predicted molar refractivity (Wildman–Crippen MR) is 122 cm³/mol. The molecular weight excluding hydrogens is 392 g/mol. The molecule has 1 aromatic rings. The summed E-state index contributed by atoms with van der Waals surface area (Å²) in [7, 11) is 0. The van der Waals surface area contributed by atoms with E-state index in [9.17, 15) is 14.7 Å². The first kappa shape index (κ1) is 23.5. The molecule has 31 heavy (non-hydrogen) atoms. The monoisotopic (exact) mass is 430 g/mol. The van der Waals surface area contributed by atoms with E-state index in [4.69, 9.17) is 4.98 Å². The zero-order chi connectivity index (χ0) is 22.1. The van der Waals surface area contributed by atoms with Crippen LogP contribution in [-0.2, 0) is 22.4 Å². The van der Waals surface area contributed by atoms with Gasteiger partial charge in [0.1, 0.15) is 11.9 Å². The Morgan fingerprint density at radius 3 is 2.84 bits per heavy atom. The topological polar surface area (TPSA) is 94.6 Å². The van der Waals surface area contributed by atoms with Gasteiger partial charge in [0, 0.05) is 31.2 Å². The molecule has 2 heterocycles. The number of unbranched alkanes of at least 4 members (excludes halogenated alkanes) is 2. The van der Waals surface area contributed by atoms with Gasteiger partial charge in [-0.15, -0.1) is 0 Å². The van der Waals surface area contributed by atoms with Crippen molar-refractivity contribution in [2.45, 2.75) is 89.6 Å². The van der Waals surface area contributed by atoms with Gasteiger partial charge >= 0.3 is 5.97 Å². The minimum Gasteiger partial charge on any atom is -0.480 e. The van der Waals surface area contributed by atoms with Crippen molar-refractivity contribution in [2.24, 2.45) is 0 Å². The highest BCUT2D eigenvalue weighted by atomic mass is 16.4. The van der Waals surface area contributed by atoms with Gasteiger partial charge in [-0.05, 0) is 76.0 Å². The summed E-state index contributed by atoms with van der Waals surface area (Å²) in [6, 6.07) is 4.15. The summed E-state index contributed by atoms with van der Waals surface area (Å²) in [5, 5.41) is 15.6. The van der Waals surface area contributed by atoms with Crippen LogP contribution in [0.15, 0.2) is 12.1 Å². The number of carboxylic acids is 1. The van der Waals surface area contributed by atoms with Gasteiger partial charge in [0.15, 0.2) is 0 Å².